The van der Waals surface area contributed by atoms with E-state index in [2.05, 4.69) is 22.2 Å². The van der Waals surface area contributed by atoms with Crippen molar-refractivity contribution >= 4 is 34.0 Å². The first-order chi connectivity index (χ1) is 11.5. The highest BCUT2D eigenvalue weighted by Gasteiger charge is 2.14. The number of rotatable bonds is 7. The second-order valence-corrected chi connectivity index (χ2v) is 5.65. The molecule has 2 N–H and O–H groups in total. The zero-order chi connectivity index (χ0) is 17.5. The van der Waals surface area contributed by atoms with E-state index < -0.39 is 24.3 Å². The molecule has 0 fully saturated rings. The number of ether oxygens (including phenoxy) is 1. The second-order valence-electron chi connectivity index (χ2n) is 4.79. The summed E-state index contributed by atoms with van der Waals surface area (Å²) in [6.45, 7) is 5.34. The number of esters is 1. The molecule has 0 saturated carbocycles. The number of carbonyl (C=O) groups is 2. The lowest BCUT2D eigenvalue weighted by molar-refractivity contribution is -0.119. The molecule has 1 amide bonds. The monoisotopic (exact) mass is 349 g/mol. The minimum Gasteiger partial charge on any atom is -0.451 e. The average molecular weight is 349 g/mol. The number of carbonyl (C=O) groups excluding carboxylic acids is 2. The molecule has 0 unspecified atom stereocenters. The zero-order valence-corrected chi connectivity index (χ0v) is 13.8. The molecular formula is C16H16FN3O3S. The van der Waals surface area contributed by atoms with Crippen LogP contribution >= 0.6 is 11.3 Å². The molecule has 1 aromatic carbocycles. The van der Waals surface area contributed by atoms with E-state index in [0.717, 1.165) is 0 Å². The molecule has 0 radical (unpaired) electrons. The summed E-state index contributed by atoms with van der Waals surface area (Å²) in [7, 11) is 0. The molecule has 0 atom stereocenters. The van der Waals surface area contributed by atoms with Crippen molar-refractivity contribution in [3.05, 3.63) is 53.3 Å². The molecule has 126 valence electrons. The van der Waals surface area contributed by atoms with E-state index in [4.69, 9.17) is 4.74 Å². The van der Waals surface area contributed by atoms with Crippen LogP contribution in [0, 0.1) is 12.7 Å². The number of amides is 1. The summed E-state index contributed by atoms with van der Waals surface area (Å²) in [4.78, 5) is 27.7. The topological polar surface area (TPSA) is 80.3 Å². The van der Waals surface area contributed by atoms with E-state index in [1.165, 1.54) is 28.8 Å². The van der Waals surface area contributed by atoms with Gasteiger partial charge < -0.3 is 15.4 Å². The molecular weight excluding hydrogens is 333 g/mol. The standard InChI is InChI=1S/C16H16FN3O3S/c1-3-6-18-16-20-13(9-24-16)15(22)23-8-14(21)19-12-7-11(17)5-4-10(12)2/h3-5,7,9H,1,6,8H2,2H3,(H,18,20)(H,19,21). The summed E-state index contributed by atoms with van der Waals surface area (Å²) in [5.41, 5.74) is 1.15. The van der Waals surface area contributed by atoms with Gasteiger partial charge in [0.05, 0.1) is 0 Å². The minimum absolute atomic E-state index is 0.112. The summed E-state index contributed by atoms with van der Waals surface area (Å²) >= 11 is 1.25. The Morgan fingerprint density at radius 1 is 1.46 bits per heavy atom. The fourth-order valence-corrected chi connectivity index (χ4v) is 2.42. The fraction of sp³-hybridized carbons (Fsp3) is 0.188. The highest BCUT2D eigenvalue weighted by molar-refractivity contribution is 7.13. The van der Waals surface area contributed by atoms with Gasteiger partial charge >= 0.3 is 5.97 Å². The van der Waals surface area contributed by atoms with Crippen molar-refractivity contribution in [3.63, 3.8) is 0 Å². The van der Waals surface area contributed by atoms with E-state index in [1.54, 1.807) is 19.1 Å². The van der Waals surface area contributed by atoms with Gasteiger partial charge in [0.25, 0.3) is 5.91 Å². The number of benzene rings is 1. The molecule has 0 bridgehead atoms. The van der Waals surface area contributed by atoms with Gasteiger partial charge in [0.1, 0.15) is 5.82 Å². The van der Waals surface area contributed by atoms with Gasteiger partial charge in [-0.2, -0.15) is 0 Å². The predicted molar refractivity (Wildman–Crippen MR) is 90.8 cm³/mol. The average Bonchev–Trinajstić information content (AvgIpc) is 3.03. The van der Waals surface area contributed by atoms with Crippen LogP contribution in [0.15, 0.2) is 36.2 Å². The SMILES string of the molecule is C=CCNc1nc(C(=O)OCC(=O)Nc2cc(F)ccc2C)cs1. The summed E-state index contributed by atoms with van der Waals surface area (Å²) in [5.74, 6) is -1.73. The van der Waals surface area contributed by atoms with E-state index in [-0.39, 0.29) is 5.69 Å². The number of aromatic nitrogens is 1. The van der Waals surface area contributed by atoms with Crippen LogP contribution in [0.4, 0.5) is 15.2 Å². The van der Waals surface area contributed by atoms with Gasteiger partial charge in [0.2, 0.25) is 0 Å². The molecule has 0 spiro atoms. The van der Waals surface area contributed by atoms with E-state index >= 15 is 0 Å². The number of nitrogens with zero attached hydrogens (tertiary/aromatic N) is 1. The second kappa shape index (κ2) is 8.21. The van der Waals surface area contributed by atoms with Crippen molar-refractivity contribution in [2.24, 2.45) is 0 Å². The normalized spacial score (nSPS) is 10.1. The maximum Gasteiger partial charge on any atom is 0.358 e. The highest BCUT2D eigenvalue weighted by atomic mass is 32.1. The van der Waals surface area contributed by atoms with Crippen LogP contribution in [0.3, 0.4) is 0 Å². The molecule has 1 aromatic heterocycles. The summed E-state index contributed by atoms with van der Waals surface area (Å²) in [5, 5.41) is 7.53. The smallest absolute Gasteiger partial charge is 0.358 e. The quantitative estimate of drug-likeness (QED) is 0.593. The Hall–Kier alpha value is -2.74. The van der Waals surface area contributed by atoms with Gasteiger partial charge in [-0.25, -0.2) is 14.2 Å². The lowest BCUT2D eigenvalue weighted by Gasteiger charge is -2.08. The molecule has 2 rings (SSSR count). The Morgan fingerprint density at radius 2 is 2.25 bits per heavy atom. The molecule has 0 aliphatic carbocycles. The number of hydrogen-bond donors (Lipinski definition) is 2. The van der Waals surface area contributed by atoms with Crippen molar-refractivity contribution < 1.29 is 18.7 Å². The lowest BCUT2D eigenvalue weighted by Crippen LogP contribution is -2.21. The third kappa shape index (κ3) is 4.88. The van der Waals surface area contributed by atoms with Crippen molar-refractivity contribution in [1.29, 1.82) is 0 Å². The van der Waals surface area contributed by atoms with Crippen molar-refractivity contribution in [2.75, 3.05) is 23.8 Å². The minimum atomic E-state index is -0.705. The Morgan fingerprint density at radius 3 is 3.00 bits per heavy atom. The van der Waals surface area contributed by atoms with Crippen LogP contribution in [0.25, 0.3) is 0 Å². The van der Waals surface area contributed by atoms with Crippen molar-refractivity contribution in [1.82, 2.24) is 4.98 Å². The number of thiazole rings is 1. The number of aryl methyl sites for hydroxylation is 1. The van der Waals surface area contributed by atoms with Crippen LogP contribution in [0.5, 0.6) is 0 Å². The first kappa shape index (κ1) is 17.6. The lowest BCUT2D eigenvalue weighted by atomic mass is 10.2. The number of nitrogens with one attached hydrogen (secondary N) is 2. The highest BCUT2D eigenvalue weighted by Crippen LogP contribution is 2.17. The van der Waals surface area contributed by atoms with Crippen LogP contribution in [-0.4, -0.2) is 30.0 Å². The Balaban J connectivity index is 1.86. The first-order valence-electron chi connectivity index (χ1n) is 7.03. The van der Waals surface area contributed by atoms with Crippen LogP contribution in [-0.2, 0) is 9.53 Å². The first-order valence-corrected chi connectivity index (χ1v) is 7.91. The third-order valence-electron chi connectivity index (χ3n) is 2.92. The Bertz CT molecular complexity index is 761. The molecule has 24 heavy (non-hydrogen) atoms. The van der Waals surface area contributed by atoms with Gasteiger partial charge in [-0.3, -0.25) is 4.79 Å². The largest absolute Gasteiger partial charge is 0.451 e. The maximum atomic E-state index is 13.2. The predicted octanol–water partition coefficient (Wildman–Crippen LogP) is 2.98. The maximum absolute atomic E-state index is 13.2. The molecule has 0 aliphatic heterocycles. The van der Waals surface area contributed by atoms with Crippen molar-refractivity contribution in [3.8, 4) is 0 Å². The van der Waals surface area contributed by atoms with Gasteiger partial charge in [0.15, 0.2) is 17.4 Å². The summed E-state index contributed by atoms with van der Waals surface area (Å²) in [6, 6.07) is 4.04. The van der Waals surface area contributed by atoms with Gasteiger partial charge in [0, 0.05) is 17.6 Å². The number of halogens is 1. The van der Waals surface area contributed by atoms with E-state index in [9.17, 15) is 14.0 Å². The summed E-state index contributed by atoms with van der Waals surface area (Å²) in [6.07, 6.45) is 1.66. The molecule has 2 aromatic rings. The summed E-state index contributed by atoms with van der Waals surface area (Å²) < 4.78 is 18.1. The van der Waals surface area contributed by atoms with E-state index in [1.807, 2.05) is 0 Å². The van der Waals surface area contributed by atoms with Crippen LogP contribution < -0.4 is 10.6 Å². The molecule has 0 saturated heterocycles. The van der Waals surface area contributed by atoms with Crippen LogP contribution in [0.2, 0.25) is 0 Å². The van der Waals surface area contributed by atoms with Crippen LogP contribution in [0.1, 0.15) is 16.1 Å². The fourth-order valence-electron chi connectivity index (χ4n) is 1.73. The zero-order valence-electron chi connectivity index (χ0n) is 13.0. The molecule has 1 heterocycles. The molecule has 8 heteroatoms. The Labute approximate surface area is 142 Å². The van der Waals surface area contributed by atoms with Gasteiger partial charge in [-0.1, -0.05) is 12.1 Å². The van der Waals surface area contributed by atoms with Crippen molar-refractivity contribution in [2.45, 2.75) is 6.92 Å². The van der Waals surface area contributed by atoms with Gasteiger partial charge in [-0.15, -0.1) is 17.9 Å². The molecule has 0 aliphatic rings. The van der Waals surface area contributed by atoms with E-state index in [0.29, 0.717) is 22.9 Å². The third-order valence-corrected chi connectivity index (χ3v) is 3.72. The van der Waals surface area contributed by atoms with Gasteiger partial charge in [-0.05, 0) is 24.6 Å². The number of anilines is 2. The molecule has 6 nitrogen and oxygen atoms in total. The Kier molecular flexibility index (Phi) is 6.02. The number of hydrogen-bond acceptors (Lipinski definition) is 6.